The number of carbonyl (C=O) groups is 4. The molecule has 3 fully saturated rings. The molecule has 3 aliphatic rings. The van der Waals surface area contributed by atoms with Gasteiger partial charge in [0.2, 0.25) is 11.8 Å². The number of fused-ring (bicyclic) bond motifs is 1. The first kappa shape index (κ1) is 34.3. The number of ether oxygens (including phenoxy) is 2. The fourth-order valence-electron chi connectivity index (χ4n) is 7.10. The van der Waals surface area contributed by atoms with Gasteiger partial charge in [-0.2, -0.15) is 0 Å². The minimum atomic E-state index is -1.11. The third-order valence-corrected chi connectivity index (χ3v) is 11.6. The number of rotatable bonds is 11. The molecule has 262 valence electrons. The van der Waals surface area contributed by atoms with Crippen molar-refractivity contribution in [2.75, 3.05) is 13.1 Å². The number of nitrogens with one attached hydrogen (secondary N) is 2. The van der Waals surface area contributed by atoms with Gasteiger partial charge in [-0.3, -0.25) is 14.5 Å². The van der Waals surface area contributed by atoms with Gasteiger partial charge in [0.05, 0.1) is 4.75 Å². The SMILES string of the molecule is O=C(NC(C(=O)NC1C(=O)N2C(C(=O)OCc3ccccc3)C3(CCN(Cc4ccccc4)CC3)S[C@@H]12)c1ccccc1)OCc1ccccc1. The highest BCUT2D eigenvalue weighted by Gasteiger charge is 2.67. The van der Waals surface area contributed by atoms with Crippen molar-refractivity contribution in [3.8, 4) is 0 Å². The van der Waals surface area contributed by atoms with Crippen molar-refractivity contribution < 1.29 is 28.7 Å². The first-order valence-electron chi connectivity index (χ1n) is 17.2. The van der Waals surface area contributed by atoms with Crippen LogP contribution in [0.5, 0.6) is 0 Å². The van der Waals surface area contributed by atoms with E-state index in [0.29, 0.717) is 18.4 Å². The van der Waals surface area contributed by atoms with E-state index in [1.54, 1.807) is 40.9 Å². The standard InChI is InChI=1S/C40H40N4O6S/c45-35(32(31-19-11-4-12-20-31)42-39(48)50-27-30-17-9-3-10-18-30)41-33-36(46)44-34(38(47)49-26-29-15-7-2-8-16-29)40(51-37(33)44)21-23-43(24-22-40)25-28-13-5-1-6-14-28/h1-20,32-34,37H,21-27H2,(H,41,45)(H,42,48)/t32?,33?,34?,37-/m0/s1. The van der Waals surface area contributed by atoms with E-state index in [4.69, 9.17) is 9.47 Å². The monoisotopic (exact) mass is 704 g/mol. The second-order valence-electron chi connectivity index (χ2n) is 13.1. The molecule has 0 radical (unpaired) electrons. The van der Waals surface area contributed by atoms with Crippen molar-refractivity contribution in [2.24, 2.45) is 0 Å². The Morgan fingerprint density at radius 2 is 1.27 bits per heavy atom. The molecule has 3 amide bonds. The largest absolute Gasteiger partial charge is 0.459 e. The van der Waals surface area contributed by atoms with Gasteiger partial charge in [0.25, 0.3) is 0 Å². The summed E-state index contributed by atoms with van der Waals surface area (Å²) in [6, 6.07) is 35.1. The number of amides is 3. The summed E-state index contributed by atoms with van der Waals surface area (Å²) in [7, 11) is 0. The van der Waals surface area contributed by atoms with Gasteiger partial charge in [-0.1, -0.05) is 121 Å². The summed E-state index contributed by atoms with van der Waals surface area (Å²) in [5.41, 5.74) is 3.43. The van der Waals surface area contributed by atoms with Crippen LogP contribution in [0.1, 0.15) is 41.1 Å². The van der Waals surface area contributed by atoms with Gasteiger partial charge in [-0.05, 0) is 48.2 Å². The Morgan fingerprint density at radius 3 is 1.86 bits per heavy atom. The molecule has 7 rings (SSSR count). The van der Waals surface area contributed by atoms with Crippen molar-refractivity contribution in [1.82, 2.24) is 20.4 Å². The molecule has 0 aliphatic carbocycles. The van der Waals surface area contributed by atoms with Gasteiger partial charge >= 0.3 is 12.1 Å². The van der Waals surface area contributed by atoms with Crippen molar-refractivity contribution in [3.63, 3.8) is 0 Å². The number of piperidine rings is 1. The number of hydrogen-bond acceptors (Lipinski definition) is 8. The molecule has 0 saturated carbocycles. The van der Waals surface area contributed by atoms with Crippen LogP contribution in [0.3, 0.4) is 0 Å². The lowest BCUT2D eigenvalue weighted by molar-refractivity contribution is -0.166. The predicted molar refractivity (Wildman–Crippen MR) is 193 cm³/mol. The summed E-state index contributed by atoms with van der Waals surface area (Å²) < 4.78 is 10.7. The number of nitrogens with zero attached hydrogens (tertiary/aromatic N) is 2. The molecule has 0 aromatic heterocycles. The van der Waals surface area contributed by atoms with E-state index in [1.165, 1.54) is 5.56 Å². The minimum Gasteiger partial charge on any atom is -0.459 e. The summed E-state index contributed by atoms with van der Waals surface area (Å²) in [4.78, 5) is 58.6. The Kier molecular flexibility index (Phi) is 10.4. The number of benzene rings is 4. The maximum absolute atomic E-state index is 13.9. The van der Waals surface area contributed by atoms with E-state index in [1.807, 2.05) is 84.9 Å². The molecule has 51 heavy (non-hydrogen) atoms. The molecule has 4 aromatic rings. The van der Waals surface area contributed by atoms with Crippen LogP contribution in [0.2, 0.25) is 0 Å². The highest BCUT2D eigenvalue weighted by molar-refractivity contribution is 8.01. The molecular formula is C40H40N4O6S. The Morgan fingerprint density at radius 1 is 0.745 bits per heavy atom. The molecule has 3 unspecified atom stereocenters. The molecule has 1 spiro atoms. The van der Waals surface area contributed by atoms with Crippen molar-refractivity contribution in [1.29, 1.82) is 0 Å². The quantitative estimate of drug-likeness (QED) is 0.162. The second-order valence-corrected chi connectivity index (χ2v) is 14.6. The average molecular weight is 705 g/mol. The van der Waals surface area contributed by atoms with Crippen LogP contribution in [0, 0.1) is 0 Å². The van der Waals surface area contributed by atoms with Crippen LogP contribution in [-0.2, 0) is 43.6 Å². The molecule has 3 aliphatic heterocycles. The summed E-state index contributed by atoms with van der Waals surface area (Å²) in [5, 5.41) is 5.14. The predicted octanol–water partition coefficient (Wildman–Crippen LogP) is 5.20. The van der Waals surface area contributed by atoms with Gasteiger partial charge in [0, 0.05) is 6.54 Å². The van der Waals surface area contributed by atoms with Gasteiger partial charge in [-0.15, -0.1) is 11.8 Å². The minimum absolute atomic E-state index is 0.0389. The maximum Gasteiger partial charge on any atom is 0.408 e. The lowest BCUT2D eigenvalue weighted by Gasteiger charge is -2.45. The highest BCUT2D eigenvalue weighted by atomic mass is 32.2. The molecule has 4 atom stereocenters. The molecular weight excluding hydrogens is 665 g/mol. The van der Waals surface area contributed by atoms with Crippen molar-refractivity contribution >= 4 is 35.6 Å². The van der Waals surface area contributed by atoms with Crippen LogP contribution in [0.15, 0.2) is 121 Å². The van der Waals surface area contributed by atoms with Gasteiger partial charge < -0.3 is 25.0 Å². The average Bonchev–Trinajstić information content (AvgIpc) is 3.47. The lowest BCUT2D eigenvalue weighted by atomic mass is 9.85. The number of alkyl carbamates (subject to hydrolysis) is 1. The number of β-lactam (4-membered cyclic amide) rings is 1. The normalized spacial score (nSPS) is 21.2. The van der Waals surface area contributed by atoms with E-state index >= 15 is 0 Å². The number of hydrogen-bond donors (Lipinski definition) is 2. The summed E-state index contributed by atoms with van der Waals surface area (Å²) in [6.45, 7) is 2.45. The molecule has 3 heterocycles. The first-order valence-corrected chi connectivity index (χ1v) is 18.1. The summed E-state index contributed by atoms with van der Waals surface area (Å²) in [6.07, 6.45) is 0.595. The number of thioether (sulfide) groups is 1. The molecule has 4 aromatic carbocycles. The number of likely N-dealkylation sites (tertiary alicyclic amines) is 1. The van der Waals surface area contributed by atoms with Gasteiger partial charge in [0.15, 0.2) is 0 Å². The van der Waals surface area contributed by atoms with E-state index in [0.717, 1.165) is 30.8 Å². The van der Waals surface area contributed by atoms with E-state index in [-0.39, 0.29) is 19.1 Å². The molecule has 2 N–H and O–H groups in total. The topological polar surface area (TPSA) is 117 Å². The van der Waals surface area contributed by atoms with Crippen LogP contribution in [-0.4, -0.2) is 69.0 Å². The zero-order valence-electron chi connectivity index (χ0n) is 28.1. The van der Waals surface area contributed by atoms with Crippen LogP contribution in [0.4, 0.5) is 4.79 Å². The zero-order valence-corrected chi connectivity index (χ0v) is 28.9. The van der Waals surface area contributed by atoms with E-state index < -0.39 is 46.2 Å². The van der Waals surface area contributed by atoms with Crippen LogP contribution < -0.4 is 10.6 Å². The third kappa shape index (κ3) is 7.64. The smallest absolute Gasteiger partial charge is 0.408 e. The zero-order chi connectivity index (χ0) is 35.2. The Hall–Kier alpha value is -5.13. The summed E-state index contributed by atoms with van der Waals surface area (Å²) >= 11 is 1.58. The van der Waals surface area contributed by atoms with E-state index in [9.17, 15) is 19.2 Å². The second kappa shape index (κ2) is 15.4. The molecule has 11 heteroatoms. The first-order chi connectivity index (χ1) is 24.9. The van der Waals surface area contributed by atoms with Crippen molar-refractivity contribution in [2.45, 2.75) is 60.8 Å². The van der Waals surface area contributed by atoms with Gasteiger partial charge in [0.1, 0.15) is 36.7 Å². The van der Waals surface area contributed by atoms with Crippen LogP contribution in [0.25, 0.3) is 0 Å². The van der Waals surface area contributed by atoms with Gasteiger partial charge in [-0.25, -0.2) is 9.59 Å². The van der Waals surface area contributed by atoms with Crippen LogP contribution >= 0.6 is 11.8 Å². The summed E-state index contributed by atoms with van der Waals surface area (Å²) in [5.74, 6) is -1.32. The maximum atomic E-state index is 13.9. The fraction of sp³-hybridized carbons (Fsp3) is 0.300. The lowest BCUT2D eigenvalue weighted by Crippen LogP contribution is -2.71. The Balaban J connectivity index is 1.06. The Labute approximate surface area is 301 Å². The van der Waals surface area contributed by atoms with E-state index in [2.05, 4.69) is 27.7 Å². The molecule has 10 nitrogen and oxygen atoms in total. The fourth-order valence-corrected chi connectivity index (χ4v) is 9.00. The molecule has 3 saturated heterocycles. The third-order valence-electron chi connectivity index (χ3n) is 9.78. The number of esters is 1. The highest BCUT2D eigenvalue weighted by Crippen LogP contribution is 2.56. The number of carbonyl (C=O) groups excluding carboxylic acids is 4. The Bertz CT molecular complexity index is 1820. The van der Waals surface area contributed by atoms with Crippen molar-refractivity contribution in [3.05, 3.63) is 144 Å². The molecule has 0 bridgehead atoms.